The lowest BCUT2D eigenvalue weighted by molar-refractivity contribution is -0.125. The number of amides is 1. The summed E-state index contributed by atoms with van der Waals surface area (Å²) >= 11 is 0. The second-order valence-corrected chi connectivity index (χ2v) is 6.58. The molecule has 0 fully saturated rings. The molecule has 2 aromatic heterocycles. The zero-order valence-electron chi connectivity index (χ0n) is 16.5. The fraction of sp³-hybridized carbons (Fsp3) is 0.227. The molecule has 7 nitrogen and oxygen atoms in total. The highest BCUT2D eigenvalue weighted by atomic mass is 16.5. The Labute approximate surface area is 169 Å². The van der Waals surface area contributed by atoms with Crippen LogP contribution in [0, 0.1) is 0 Å². The zero-order chi connectivity index (χ0) is 20.7. The van der Waals surface area contributed by atoms with E-state index in [1.807, 2.05) is 24.3 Å². The van der Waals surface area contributed by atoms with Crippen molar-refractivity contribution >= 4 is 5.91 Å². The van der Waals surface area contributed by atoms with Gasteiger partial charge >= 0.3 is 0 Å². The van der Waals surface area contributed by atoms with Gasteiger partial charge in [-0.3, -0.25) is 20.1 Å². The summed E-state index contributed by atoms with van der Waals surface area (Å²) in [5.41, 5.74) is 7.25. The van der Waals surface area contributed by atoms with E-state index in [1.165, 1.54) is 0 Å². The first-order valence-corrected chi connectivity index (χ1v) is 9.14. The predicted octanol–water partition coefficient (Wildman–Crippen LogP) is 2.21. The van der Waals surface area contributed by atoms with E-state index in [2.05, 4.69) is 15.3 Å². The maximum atomic E-state index is 12.9. The Morgan fingerprint density at radius 2 is 1.83 bits per heavy atom. The quantitative estimate of drug-likeness (QED) is 0.579. The molecule has 2 heterocycles. The van der Waals surface area contributed by atoms with Gasteiger partial charge in [0.15, 0.2) is 0 Å². The van der Waals surface area contributed by atoms with Crippen LogP contribution in [0.1, 0.15) is 16.7 Å². The van der Waals surface area contributed by atoms with Crippen LogP contribution in [0.2, 0.25) is 0 Å². The molecule has 0 aliphatic rings. The molecule has 1 amide bonds. The first kappa shape index (κ1) is 20.3. The minimum Gasteiger partial charge on any atom is -0.497 e. The molecule has 0 saturated carbocycles. The predicted molar refractivity (Wildman–Crippen MR) is 109 cm³/mol. The van der Waals surface area contributed by atoms with E-state index < -0.39 is 11.4 Å². The van der Waals surface area contributed by atoms with Crippen LogP contribution in [0.3, 0.4) is 0 Å². The molecule has 0 radical (unpaired) electrons. The van der Waals surface area contributed by atoms with E-state index in [9.17, 15) is 4.79 Å². The molecule has 1 atom stereocenters. The molecule has 0 aliphatic carbocycles. The fourth-order valence-electron chi connectivity index (χ4n) is 3.27. The topological polar surface area (TPSA) is 99.4 Å². The summed E-state index contributed by atoms with van der Waals surface area (Å²) in [4.78, 5) is 21.1. The van der Waals surface area contributed by atoms with Crippen LogP contribution in [0.4, 0.5) is 0 Å². The van der Waals surface area contributed by atoms with Gasteiger partial charge in [0, 0.05) is 49.4 Å². The average molecular weight is 392 g/mol. The van der Waals surface area contributed by atoms with Gasteiger partial charge in [-0.05, 0) is 41.5 Å². The third-order valence-corrected chi connectivity index (χ3v) is 4.82. The van der Waals surface area contributed by atoms with Crippen molar-refractivity contribution in [3.8, 4) is 11.5 Å². The molecule has 0 aliphatic heterocycles. The monoisotopic (exact) mass is 392 g/mol. The van der Waals surface area contributed by atoms with Crippen LogP contribution in [-0.2, 0) is 23.3 Å². The molecule has 3 N–H and O–H groups in total. The van der Waals surface area contributed by atoms with Crippen LogP contribution in [0.25, 0.3) is 0 Å². The third-order valence-electron chi connectivity index (χ3n) is 4.82. The van der Waals surface area contributed by atoms with Crippen molar-refractivity contribution in [2.45, 2.75) is 18.5 Å². The van der Waals surface area contributed by atoms with Crippen molar-refractivity contribution in [2.75, 3.05) is 14.2 Å². The number of benzene rings is 1. The number of primary amides is 1. The molecule has 3 rings (SSSR count). The highest BCUT2D eigenvalue weighted by Gasteiger charge is 2.41. The number of ether oxygens (including phenoxy) is 2. The Bertz CT molecular complexity index is 951. The van der Waals surface area contributed by atoms with Crippen LogP contribution >= 0.6 is 0 Å². The van der Waals surface area contributed by atoms with E-state index >= 15 is 0 Å². The van der Waals surface area contributed by atoms with Crippen molar-refractivity contribution in [1.82, 2.24) is 15.3 Å². The van der Waals surface area contributed by atoms with E-state index in [1.54, 1.807) is 57.2 Å². The number of hydrogen-bond acceptors (Lipinski definition) is 6. The first-order chi connectivity index (χ1) is 14.1. The second kappa shape index (κ2) is 9.16. The molecule has 29 heavy (non-hydrogen) atoms. The van der Waals surface area contributed by atoms with Gasteiger partial charge in [0.1, 0.15) is 17.0 Å². The number of hydrogen-bond donors (Lipinski definition) is 2. The summed E-state index contributed by atoms with van der Waals surface area (Å²) < 4.78 is 10.9. The van der Waals surface area contributed by atoms with Crippen LogP contribution < -0.4 is 20.5 Å². The lowest BCUT2D eigenvalue weighted by atomic mass is 9.82. The Balaban J connectivity index is 2.09. The summed E-state index contributed by atoms with van der Waals surface area (Å²) in [6.45, 7) is 0.400. The number of rotatable bonds is 9. The fourth-order valence-corrected chi connectivity index (χ4v) is 3.27. The van der Waals surface area contributed by atoms with Gasteiger partial charge < -0.3 is 15.2 Å². The number of aromatic nitrogens is 2. The smallest absolute Gasteiger partial charge is 0.242 e. The molecule has 0 saturated heterocycles. The number of nitrogens with one attached hydrogen (secondary N) is 1. The maximum absolute atomic E-state index is 12.9. The van der Waals surface area contributed by atoms with Gasteiger partial charge in [-0.15, -0.1) is 0 Å². The first-order valence-electron chi connectivity index (χ1n) is 9.14. The molecule has 0 bridgehead atoms. The number of pyridine rings is 2. The maximum Gasteiger partial charge on any atom is 0.242 e. The minimum atomic E-state index is -1.21. The van der Waals surface area contributed by atoms with E-state index in [4.69, 9.17) is 15.2 Å². The molecule has 150 valence electrons. The van der Waals surface area contributed by atoms with Gasteiger partial charge in [-0.1, -0.05) is 6.07 Å². The summed E-state index contributed by atoms with van der Waals surface area (Å²) in [7, 11) is 3.13. The van der Waals surface area contributed by atoms with E-state index in [0.717, 1.165) is 11.1 Å². The van der Waals surface area contributed by atoms with Crippen molar-refractivity contribution < 1.29 is 14.3 Å². The molecule has 1 unspecified atom stereocenters. The Kier molecular flexibility index (Phi) is 6.41. The molecule has 3 aromatic rings. The van der Waals surface area contributed by atoms with Gasteiger partial charge in [0.2, 0.25) is 5.91 Å². The summed E-state index contributed by atoms with van der Waals surface area (Å²) in [6.07, 6.45) is 7.15. The molecule has 1 aromatic carbocycles. The van der Waals surface area contributed by atoms with Crippen LogP contribution in [0.5, 0.6) is 11.5 Å². The Morgan fingerprint density at radius 3 is 2.45 bits per heavy atom. The summed E-state index contributed by atoms with van der Waals surface area (Å²) in [6, 6.07) is 12.8. The normalized spacial score (nSPS) is 12.8. The Morgan fingerprint density at radius 1 is 1.03 bits per heavy atom. The Hall–Kier alpha value is -3.45. The lowest BCUT2D eigenvalue weighted by Crippen LogP contribution is -2.54. The third kappa shape index (κ3) is 4.52. The van der Waals surface area contributed by atoms with Crippen molar-refractivity contribution in [3.63, 3.8) is 0 Å². The van der Waals surface area contributed by atoms with Gasteiger partial charge in [-0.25, -0.2) is 0 Å². The SMILES string of the molecule is COc1ccc(C(Cc2ccncc2)(NCc2cccnc2)C(N)=O)c(OC)c1. The number of nitrogens with two attached hydrogens (primary N) is 1. The molecular weight excluding hydrogens is 368 g/mol. The molecule has 7 heteroatoms. The van der Waals surface area contributed by atoms with Crippen molar-refractivity contribution in [2.24, 2.45) is 5.73 Å². The number of carbonyl (C=O) groups excluding carboxylic acids is 1. The van der Waals surface area contributed by atoms with Crippen LogP contribution in [-0.4, -0.2) is 30.1 Å². The number of methoxy groups -OCH3 is 2. The molecular formula is C22H24N4O3. The summed E-state index contributed by atoms with van der Waals surface area (Å²) in [5, 5.41) is 3.37. The number of nitrogens with zero attached hydrogens (tertiary/aromatic N) is 2. The second-order valence-electron chi connectivity index (χ2n) is 6.58. The lowest BCUT2D eigenvalue weighted by Gasteiger charge is -2.34. The standard InChI is InChI=1S/C22H24N4O3/c1-28-18-5-6-19(20(12-18)29-2)22(21(23)27,13-16-7-10-24-11-8-16)26-15-17-4-3-9-25-14-17/h3-12,14,26H,13,15H2,1-2H3,(H2,23,27). The van der Waals surface area contributed by atoms with Crippen molar-refractivity contribution in [3.05, 3.63) is 83.9 Å². The number of carbonyl (C=O) groups is 1. The molecule has 0 spiro atoms. The van der Waals surface area contributed by atoms with Gasteiger partial charge in [0.05, 0.1) is 14.2 Å². The highest BCUT2D eigenvalue weighted by Crippen LogP contribution is 2.36. The van der Waals surface area contributed by atoms with E-state index in [-0.39, 0.29) is 0 Å². The average Bonchev–Trinajstić information content (AvgIpc) is 2.77. The largest absolute Gasteiger partial charge is 0.497 e. The van der Waals surface area contributed by atoms with Crippen molar-refractivity contribution in [1.29, 1.82) is 0 Å². The zero-order valence-corrected chi connectivity index (χ0v) is 16.5. The summed E-state index contributed by atoms with van der Waals surface area (Å²) in [5.74, 6) is 0.623. The van der Waals surface area contributed by atoms with Crippen LogP contribution in [0.15, 0.2) is 67.3 Å². The van der Waals surface area contributed by atoms with E-state index in [0.29, 0.717) is 30.0 Å². The van der Waals surface area contributed by atoms with Gasteiger partial charge in [0.25, 0.3) is 0 Å². The minimum absolute atomic E-state index is 0.327. The van der Waals surface area contributed by atoms with Gasteiger partial charge in [-0.2, -0.15) is 0 Å². The highest BCUT2D eigenvalue weighted by molar-refractivity contribution is 5.87.